The maximum absolute atomic E-state index is 6.00. The molecule has 2 aromatic heterocycles. The number of imidazole rings is 1. The van der Waals surface area contributed by atoms with Gasteiger partial charge in [0.1, 0.15) is 11.3 Å². The van der Waals surface area contributed by atoms with E-state index in [2.05, 4.69) is 35.1 Å². The molecule has 0 bridgehead atoms. The Bertz CT molecular complexity index is 620. The van der Waals surface area contributed by atoms with Gasteiger partial charge in [-0.2, -0.15) is 5.10 Å². The highest BCUT2D eigenvalue weighted by atomic mass is 35.5. The van der Waals surface area contributed by atoms with E-state index < -0.39 is 0 Å². The van der Waals surface area contributed by atoms with Crippen LogP contribution in [0.3, 0.4) is 0 Å². The zero-order valence-electron chi connectivity index (χ0n) is 13.3. The third-order valence-corrected chi connectivity index (χ3v) is 4.97. The molecule has 21 heavy (non-hydrogen) atoms. The molecule has 0 spiro atoms. The Morgan fingerprint density at radius 3 is 2.57 bits per heavy atom. The second kappa shape index (κ2) is 5.99. The quantitative estimate of drug-likeness (QED) is 0.797. The summed E-state index contributed by atoms with van der Waals surface area (Å²) in [5, 5.41) is 4.64. The molecule has 0 aromatic carbocycles. The van der Waals surface area contributed by atoms with E-state index in [0.29, 0.717) is 11.9 Å². The Hall–Kier alpha value is -1.03. The molecule has 0 N–H and O–H groups in total. The molecule has 2 heterocycles. The first-order valence-corrected chi connectivity index (χ1v) is 8.69. The molecule has 2 aromatic rings. The summed E-state index contributed by atoms with van der Waals surface area (Å²) in [5.41, 5.74) is 3.30. The molecule has 5 heteroatoms. The van der Waals surface area contributed by atoms with Crippen LogP contribution in [0.15, 0.2) is 0 Å². The normalized spacial score (nSPS) is 23.0. The number of fused-ring (bicyclic) bond motifs is 1. The van der Waals surface area contributed by atoms with E-state index in [9.17, 15) is 0 Å². The van der Waals surface area contributed by atoms with E-state index >= 15 is 0 Å². The van der Waals surface area contributed by atoms with Crippen molar-refractivity contribution in [1.82, 2.24) is 19.3 Å². The van der Waals surface area contributed by atoms with Gasteiger partial charge in [0.15, 0.2) is 5.65 Å². The zero-order valence-corrected chi connectivity index (χ0v) is 14.0. The maximum atomic E-state index is 6.00. The first-order chi connectivity index (χ1) is 10.2. The van der Waals surface area contributed by atoms with E-state index in [1.807, 2.05) is 0 Å². The smallest absolute Gasteiger partial charge is 0.159 e. The predicted molar refractivity (Wildman–Crippen MR) is 87.0 cm³/mol. The summed E-state index contributed by atoms with van der Waals surface area (Å²) in [7, 11) is 0. The molecule has 0 unspecified atom stereocenters. The van der Waals surface area contributed by atoms with E-state index in [4.69, 9.17) is 16.6 Å². The third kappa shape index (κ3) is 2.59. The third-order valence-electron chi connectivity index (χ3n) is 4.78. The van der Waals surface area contributed by atoms with Gasteiger partial charge < -0.3 is 4.57 Å². The fourth-order valence-electron chi connectivity index (χ4n) is 3.60. The largest absolute Gasteiger partial charge is 0.310 e. The lowest BCUT2D eigenvalue weighted by atomic mass is 9.87. The van der Waals surface area contributed by atoms with Crippen LogP contribution in [0.5, 0.6) is 0 Å². The molecule has 116 valence electrons. The van der Waals surface area contributed by atoms with Crippen LogP contribution in [0.1, 0.15) is 57.1 Å². The Morgan fingerprint density at radius 2 is 1.95 bits per heavy atom. The highest BCUT2D eigenvalue weighted by Crippen LogP contribution is 2.35. The summed E-state index contributed by atoms with van der Waals surface area (Å²) in [4.78, 5) is 4.86. The van der Waals surface area contributed by atoms with Crippen molar-refractivity contribution in [2.24, 2.45) is 5.92 Å². The van der Waals surface area contributed by atoms with Gasteiger partial charge in [-0.1, -0.05) is 6.92 Å². The number of aryl methyl sites for hydroxylation is 3. The van der Waals surface area contributed by atoms with Crippen molar-refractivity contribution in [2.45, 2.75) is 65.5 Å². The van der Waals surface area contributed by atoms with Crippen LogP contribution in [0.25, 0.3) is 11.2 Å². The number of hydrogen-bond acceptors (Lipinski definition) is 2. The minimum absolute atomic E-state index is 0.561. The van der Waals surface area contributed by atoms with Crippen molar-refractivity contribution in [3.8, 4) is 0 Å². The fraction of sp³-hybridized carbons (Fsp3) is 0.750. The summed E-state index contributed by atoms with van der Waals surface area (Å²) in [6, 6.07) is 0.561. The average molecular weight is 309 g/mol. The minimum Gasteiger partial charge on any atom is -0.310 e. The van der Waals surface area contributed by atoms with Gasteiger partial charge in [0.05, 0.1) is 5.69 Å². The average Bonchev–Trinajstić information content (AvgIpc) is 2.98. The first kappa shape index (κ1) is 14.9. The van der Waals surface area contributed by atoms with Gasteiger partial charge in [0.2, 0.25) is 0 Å². The molecule has 0 atom stereocenters. The van der Waals surface area contributed by atoms with Crippen LogP contribution in [0.2, 0.25) is 0 Å². The fourth-order valence-corrected chi connectivity index (χ4v) is 3.77. The van der Waals surface area contributed by atoms with Crippen molar-refractivity contribution >= 4 is 22.8 Å². The highest BCUT2D eigenvalue weighted by molar-refractivity contribution is 6.17. The van der Waals surface area contributed by atoms with Crippen LogP contribution in [-0.4, -0.2) is 25.2 Å². The van der Waals surface area contributed by atoms with Gasteiger partial charge in [-0.3, -0.25) is 0 Å². The Balaban J connectivity index is 2.10. The minimum atomic E-state index is 0.561. The predicted octanol–water partition coefficient (Wildman–Crippen LogP) is 4.09. The van der Waals surface area contributed by atoms with Gasteiger partial charge in [-0.05, 0) is 45.4 Å². The molecule has 0 saturated heterocycles. The number of halogens is 1. The summed E-state index contributed by atoms with van der Waals surface area (Å²) in [5.74, 6) is 2.62. The zero-order chi connectivity index (χ0) is 15.0. The van der Waals surface area contributed by atoms with E-state index in [0.717, 1.165) is 35.9 Å². The van der Waals surface area contributed by atoms with Crippen LogP contribution >= 0.6 is 11.6 Å². The van der Waals surface area contributed by atoms with Crippen LogP contribution < -0.4 is 0 Å². The van der Waals surface area contributed by atoms with Crippen molar-refractivity contribution in [2.75, 3.05) is 5.88 Å². The molecule has 3 rings (SSSR count). The molecule has 1 fully saturated rings. The lowest BCUT2D eigenvalue weighted by Crippen LogP contribution is -2.20. The number of hydrogen-bond donors (Lipinski definition) is 0. The molecule has 0 aliphatic heterocycles. The first-order valence-electron chi connectivity index (χ1n) is 8.15. The molecule has 0 radical (unpaired) electrons. The topological polar surface area (TPSA) is 35.6 Å². The number of aromatic nitrogens is 4. The van der Waals surface area contributed by atoms with Crippen LogP contribution in [-0.2, 0) is 13.0 Å². The van der Waals surface area contributed by atoms with Gasteiger partial charge in [0.25, 0.3) is 0 Å². The molecule has 1 saturated carbocycles. The summed E-state index contributed by atoms with van der Waals surface area (Å²) < 4.78 is 4.56. The lowest BCUT2D eigenvalue weighted by Gasteiger charge is -2.29. The van der Waals surface area contributed by atoms with Crippen LogP contribution in [0.4, 0.5) is 0 Å². The van der Waals surface area contributed by atoms with Gasteiger partial charge in [-0.15, -0.1) is 11.6 Å². The summed E-state index contributed by atoms with van der Waals surface area (Å²) >= 11 is 6.00. The highest BCUT2D eigenvalue weighted by Gasteiger charge is 2.26. The molecule has 4 nitrogen and oxygen atoms in total. The van der Waals surface area contributed by atoms with Crippen molar-refractivity contribution in [1.29, 1.82) is 0 Å². The van der Waals surface area contributed by atoms with Crippen LogP contribution in [0, 0.1) is 12.8 Å². The second-order valence-corrected chi connectivity index (χ2v) is 6.70. The van der Waals surface area contributed by atoms with Crippen molar-refractivity contribution < 1.29 is 0 Å². The summed E-state index contributed by atoms with van der Waals surface area (Å²) in [6.45, 7) is 7.45. The molecule has 0 amide bonds. The van der Waals surface area contributed by atoms with E-state index in [1.54, 1.807) is 0 Å². The maximum Gasteiger partial charge on any atom is 0.159 e. The number of alkyl halides is 1. The summed E-state index contributed by atoms with van der Waals surface area (Å²) in [6.07, 6.45) is 5.95. The second-order valence-electron chi connectivity index (χ2n) is 6.32. The molecule has 1 aliphatic carbocycles. The molecular weight excluding hydrogens is 284 g/mol. The Kier molecular flexibility index (Phi) is 4.25. The van der Waals surface area contributed by atoms with Crippen molar-refractivity contribution in [3.63, 3.8) is 0 Å². The van der Waals surface area contributed by atoms with Gasteiger partial charge in [0, 0.05) is 24.9 Å². The van der Waals surface area contributed by atoms with Gasteiger partial charge >= 0.3 is 0 Å². The van der Waals surface area contributed by atoms with Crippen molar-refractivity contribution in [3.05, 3.63) is 11.5 Å². The SMILES string of the molecule is CCn1nc(C)c2nc(CCCl)n(C3CCC(C)CC3)c21. The lowest BCUT2D eigenvalue weighted by molar-refractivity contribution is 0.287. The standard InChI is InChI=1S/C16H25ClN4/c1-4-20-16-15(12(3)19-20)18-14(9-10-17)21(16)13-7-5-11(2)6-8-13/h11,13H,4-10H2,1-3H3. The van der Waals surface area contributed by atoms with Gasteiger partial charge in [-0.25, -0.2) is 9.67 Å². The number of rotatable bonds is 4. The Labute approximate surface area is 131 Å². The molecular formula is C16H25ClN4. The Morgan fingerprint density at radius 1 is 1.24 bits per heavy atom. The monoisotopic (exact) mass is 308 g/mol. The van der Waals surface area contributed by atoms with E-state index in [-0.39, 0.29) is 0 Å². The molecule has 1 aliphatic rings. The van der Waals surface area contributed by atoms with E-state index in [1.165, 1.54) is 31.3 Å². The number of nitrogens with zero attached hydrogens (tertiary/aromatic N) is 4.